The number of hydrogen-bond donors (Lipinski definition) is 1. The molecule has 4 atom stereocenters. The van der Waals surface area contributed by atoms with Crippen molar-refractivity contribution in [2.45, 2.75) is 51.6 Å². The van der Waals surface area contributed by atoms with E-state index in [0.29, 0.717) is 23.5 Å². The summed E-state index contributed by atoms with van der Waals surface area (Å²) in [6.45, 7) is 4.58. The first-order chi connectivity index (χ1) is 7.46. The highest BCUT2D eigenvalue weighted by atomic mass is 32.2. The van der Waals surface area contributed by atoms with Crippen molar-refractivity contribution in [1.29, 1.82) is 0 Å². The second kappa shape index (κ2) is 4.65. The van der Waals surface area contributed by atoms with Gasteiger partial charge in [-0.3, -0.25) is 0 Å². The van der Waals surface area contributed by atoms with Crippen molar-refractivity contribution < 1.29 is 8.42 Å². The molecule has 1 aliphatic heterocycles. The highest BCUT2D eigenvalue weighted by Crippen LogP contribution is 2.29. The van der Waals surface area contributed by atoms with E-state index in [1.54, 1.807) is 0 Å². The molecular formula is C12H23NO2S. The Bertz CT molecular complexity index is 339. The zero-order chi connectivity index (χ0) is 11.8. The lowest BCUT2D eigenvalue weighted by molar-refractivity contribution is 0.216. The number of hydrogen-bond acceptors (Lipinski definition) is 3. The van der Waals surface area contributed by atoms with Crippen molar-refractivity contribution >= 4 is 9.84 Å². The van der Waals surface area contributed by atoms with Crippen LogP contribution >= 0.6 is 0 Å². The largest absolute Gasteiger partial charge is 0.310 e. The molecule has 94 valence electrons. The number of rotatable bonds is 2. The lowest BCUT2D eigenvalue weighted by Crippen LogP contribution is -2.45. The summed E-state index contributed by atoms with van der Waals surface area (Å²) < 4.78 is 22.8. The molecule has 1 saturated carbocycles. The number of sulfone groups is 1. The van der Waals surface area contributed by atoms with Crippen molar-refractivity contribution in [2.24, 2.45) is 11.8 Å². The van der Waals surface area contributed by atoms with Crippen LogP contribution in [0.5, 0.6) is 0 Å². The third-order valence-electron chi connectivity index (χ3n) is 4.14. The highest BCUT2D eigenvalue weighted by Gasteiger charge is 2.32. The van der Waals surface area contributed by atoms with Crippen LogP contribution in [0.25, 0.3) is 0 Å². The van der Waals surface area contributed by atoms with E-state index < -0.39 is 9.84 Å². The van der Waals surface area contributed by atoms with Crippen molar-refractivity contribution in [1.82, 2.24) is 5.32 Å². The van der Waals surface area contributed by atoms with Gasteiger partial charge in [0, 0.05) is 12.1 Å². The maximum Gasteiger partial charge on any atom is 0.151 e. The third kappa shape index (κ3) is 2.98. The molecule has 1 aliphatic carbocycles. The summed E-state index contributed by atoms with van der Waals surface area (Å²) in [7, 11) is -2.74. The van der Waals surface area contributed by atoms with Gasteiger partial charge in [0.25, 0.3) is 0 Å². The zero-order valence-corrected chi connectivity index (χ0v) is 11.1. The fraction of sp³-hybridized carbons (Fsp3) is 1.00. The van der Waals surface area contributed by atoms with Crippen LogP contribution in [-0.4, -0.2) is 32.0 Å². The first-order valence-electron chi connectivity index (χ1n) is 6.43. The topological polar surface area (TPSA) is 46.2 Å². The molecule has 1 saturated heterocycles. The molecule has 0 aromatic heterocycles. The van der Waals surface area contributed by atoms with Gasteiger partial charge >= 0.3 is 0 Å². The Morgan fingerprint density at radius 2 is 1.88 bits per heavy atom. The predicted octanol–water partition coefficient (Wildman–Crippen LogP) is 1.59. The monoisotopic (exact) mass is 245 g/mol. The van der Waals surface area contributed by atoms with E-state index in [2.05, 4.69) is 19.2 Å². The van der Waals surface area contributed by atoms with Crippen molar-refractivity contribution in [3.05, 3.63) is 0 Å². The van der Waals surface area contributed by atoms with Crippen LogP contribution < -0.4 is 5.32 Å². The molecule has 0 aromatic rings. The van der Waals surface area contributed by atoms with Crippen LogP contribution in [0.15, 0.2) is 0 Å². The summed E-state index contributed by atoms with van der Waals surface area (Å²) >= 11 is 0. The SMILES string of the molecule is CC1CCC(C)C(NC2CCS(=O)(=O)C2)C1. The fourth-order valence-electron chi connectivity index (χ4n) is 2.99. The molecule has 1 heterocycles. The average molecular weight is 245 g/mol. The van der Waals surface area contributed by atoms with Crippen LogP contribution in [0.1, 0.15) is 39.5 Å². The van der Waals surface area contributed by atoms with Gasteiger partial charge in [0.15, 0.2) is 9.84 Å². The molecule has 4 heteroatoms. The number of nitrogens with one attached hydrogen (secondary N) is 1. The predicted molar refractivity (Wildman–Crippen MR) is 66.2 cm³/mol. The van der Waals surface area contributed by atoms with Crippen LogP contribution in [0.4, 0.5) is 0 Å². The molecule has 4 unspecified atom stereocenters. The summed E-state index contributed by atoms with van der Waals surface area (Å²) in [5.41, 5.74) is 0. The van der Waals surface area contributed by atoms with Gasteiger partial charge in [0.05, 0.1) is 11.5 Å². The smallest absolute Gasteiger partial charge is 0.151 e. The molecule has 0 bridgehead atoms. The van der Waals surface area contributed by atoms with Gasteiger partial charge in [-0.15, -0.1) is 0 Å². The van der Waals surface area contributed by atoms with Gasteiger partial charge in [-0.05, 0) is 31.1 Å². The maximum absolute atomic E-state index is 11.4. The molecule has 2 fully saturated rings. The minimum Gasteiger partial charge on any atom is -0.310 e. The Balaban J connectivity index is 1.89. The van der Waals surface area contributed by atoms with Gasteiger partial charge in [0.2, 0.25) is 0 Å². The minimum absolute atomic E-state index is 0.211. The Hall–Kier alpha value is -0.0900. The average Bonchev–Trinajstić information content (AvgIpc) is 2.52. The van der Waals surface area contributed by atoms with Crippen LogP contribution in [0.3, 0.4) is 0 Å². The second-order valence-electron chi connectivity index (χ2n) is 5.77. The zero-order valence-electron chi connectivity index (χ0n) is 10.3. The summed E-state index contributed by atoms with van der Waals surface area (Å²) in [5.74, 6) is 2.21. The Kier molecular flexibility index (Phi) is 3.59. The Labute approximate surface area is 98.9 Å². The van der Waals surface area contributed by atoms with Gasteiger partial charge in [-0.2, -0.15) is 0 Å². The molecular weight excluding hydrogens is 222 g/mol. The van der Waals surface area contributed by atoms with Crippen molar-refractivity contribution in [3.8, 4) is 0 Å². The molecule has 0 spiro atoms. The Morgan fingerprint density at radius 1 is 1.12 bits per heavy atom. The molecule has 0 radical (unpaired) electrons. The normalized spacial score (nSPS) is 43.4. The van der Waals surface area contributed by atoms with E-state index >= 15 is 0 Å². The standard InChI is InChI=1S/C12H23NO2S/c1-9-3-4-10(2)12(7-9)13-11-5-6-16(14,15)8-11/h9-13H,3-8H2,1-2H3. The van der Waals surface area contributed by atoms with E-state index in [4.69, 9.17) is 0 Å². The second-order valence-corrected chi connectivity index (χ2v) is 8.00. The van der Waals surface area contributed by atoms with E-state index in [1.807, 2.05) is 0 Å². The molecule has 0 amide bonds. The first kappa shape index (κ1) is 12.4. The lowest BCUT2D eigenvalue weighted by Gasteiger charge is -2.35. The molecule has 2 rings (SSSR count). The first-order valence-corrected chi connectivity index (χ1v) is 8.25. The van der Waals surface area contributed by atoms with Gasteiger partial charge in [-0.25, -0.2) is 8.42 Å². The molecule has 0 aromatic carbocycles. The van der Waals surface area contributed by atoms with Gasteiger partial charge < -0.3 is 5.32 Å². The van der Waals surface area contributed by atoms with Gasteiger partial charge in [0.1, 0.15) is 0 Å². The Morgan fingerprint density at radius 3 is 2.50 bits per heavy atom. The molecule has 3 nitrogen and oxygen atoms in total. The quantitative estimate of drug-likeness (QED) is 0.803. The van der Waals surface area contributed by atoms with Crippen LogP contribution in [-0.2, 0) is 9.84 Å². The summed E-state index contributed by atoms with van der Waals surface area (Å²) in [6, 6.07) is 0.741. The van der Waals surface area contributed by atoms with Gasteiger partial charge in [-0.1, -0.05) is 20.3 Å². The molecule has 1 N–H and O–H groups in total. The molecule has 16 heavy (non-hydrogen) atoms. The van der Waals surface area contributed by atoms with Crippen molar-refractivity contribution in [3.63, 3.8) is 0 Å². The third-order valence-corrected chi connectivity index (χ3v) is 5.91. The highest BCUT2D eigenvalue weighted by molar-refractivity contribution is 7.91. The van der Waals surface area contributed by atoms with E-state index in [1.165, 1.54) is 19.3 Å². The summed E-state index contributed by atoms with van der Waals surface area (Å²) in [4.78, 5) is 0. The molecule has 2 aliphatic rings. The fourth-order valence-corrected chi connectivity index (χ4v) is 4.68. The van der Waals surface area contributed by atoms with E-state index in [-0.39, 0.29) is 6.04 Å². The lowest BCUT2D eigenvalue weighted by atomic mass is 9.80. The summed E-state index contributed by atoms with van der Waals surface area (Å²) in [5, 5.41) is 3.57. The van der Waals surface area contributed by atoms with Crippen LogP contribution in [0.2, 0.25) is 0 Å². The van der Waals surface area contributed by atoms with Crippen LogP contribution in [0, 0.1) is 11.8 Å². The minimum atomic E-state index is -2.74. The van der Waals surface area contributed by atoms with Crippen molar-refractivity contribution in [2.75, 3.05) is 11.5 Å². The van der Waals surface area contributed by atoms with E-state index in [0.717, 1.165) is 12.3 Å². The maximum atomic E-state index is 11.4. The summed E-state index contributed by atoms with van der Waals surface area (Å²) in [6.07, 6.45) is 4.61. The van der Waals surface area contributed by atoms with E-state index in [9.17, 15) is 8.42 Å².